The quantitative estimate of drug-likeness (QED) is 0.816. The van der Waals surface area contributed by atoms with Gasteiger partial charge in [0.15, 0.2) is 17.7 Å². The van der Waals surface area contributed by atoms with Crippen molar-refractivity contribution in [2.45, 2.75) is 38.3 Å². The maximum absolute atomic E-state index is 13.7. The summed E-state index contributed by atoms with van der Waals surface area (Å²) in [4.78, 5) is 24.7. The SMILES string of the molecule is COc1ccc(C(=O)O[C@@H](C)C(=O)N[C@H]2CCCc3ccccc32)cc1F. The van der Waals surface area contributed by atoms with Crippen molar-refractivity contribution in [1.29, 1.82) is 0 Å². The molecule has 0 spiro atoms. The van der Waals surface area contributed by atoms with E-state index in [0.29, 0.717) is 0 Å². The van der Waals surface area contributed by atoms with Gasteiger partial charge in [0.2, 0.25) is 0 Å². The monoisotopic (exact) mass is 371 g/mol. The molecule has 0 fully saturated rings. The fourth-order valence-corrected chi connectivity index (χ4v) is 3.27. The Morgan fingerprint density at radius 3 is 2.74 bits per heavy atom. The van der Waals surface area contributed by atoms with Gasteiger partial charge in [0, 0.05) is 0 Å². The normalized spacial score (nSPS) is 16.8. The highest BCUT2D eigenvalue weighted by Gasteiger charge is 2.25. The van der Waals surface area contributed by atoms with Crippen LogP contribution in [-0.2, 0) is 16.0 Å². The number of hydrogen-bond donors (Lipinski definition) is 1. The van der Waals surface area contributed by atoms with Crippen LogP contribution in [0.25, 0.3) is 0 Å². The molecular weight excluding hydrogens is 349 g/mol. The minimum atomic E-state index is -0.989. The highest BCUT2D eigenvalue weighted by molar-refractivity contribution is 5.92. The molecule has 0 unspecified atom stereocenters. The summed E-state index contributed by atoms with van der Waals surface area (Å²) in [5, 5.41) is 2.95. The van der Waals surface area contributed by atoms with Gasteiger partial charge in [0.25, 0.3) is 5.91 Å². The first-order valence-corrected chi connectivity index (χ1v) is 8.92. The summed E-state index contributed by atoms with van der Waals surface area (Å²) in [7, 11) is 1.34. The summed E-state index contributed by atoms with van der Waals surface area (Å²) in [6.07, 6.45) is 1.83. The smallest absolute Gasteiger partial charge is 0.339 e. The summed E-state index contributed by atoms with van der Waals surface area (Å²) < 4.78 is 23.8. The number of aryl methyl sites for hydroxylation is 1. The van der Waals surface area contributed by atoms with E-state index in [1.165, 1.54) is 31.7 Å². The van der Waals surface area contributed by atoms with Crippen molar-refractivity contribution in [1.82, 2.24) is 5.32 Å². The summed E-state index contributed by atoms with van der Waals surface area (Å²) in [6, 6.07) is 11.7. The minimum absolute atomic E-state index is 0.0240. The molecule has 5 nitrogen and oxygen atoms in total. The number of fused-ring (bicyclic) bond motifs is 1. The number of methoxy groups -OCH3 is 1. The molecule has 0 saturated carbocycles. The zero-order valence-corrected chi connectivity index (χ0v) is 15.3. The number of rotatable bonds is 5. The molecule has 1 N–H and O–H groups in total. The molecule has 0 aliphatic heterocycles. The second-order valence-corrected chi connectivity index (χ2v) is 6.55. The van der Waals surface area contributed by atoms with Crippen molar-refractivity contribution in [3.8, 4) is 5.75 Å². The number of halogens is 1. The Bertz CT molecular complexity index is 852. The van der Waals surface area contributed by atoms with E-state index in [1.54, 1.807) is 0 Å². The van der Waals surface area contributed by atoms with Gasteiger partial charge in [0.1, 0.15) is 0 Å². The lowest BCUT2D eigenvalue weighted by Crippen LogP contribution is -2.39. The first-order valence-electron chi connectivity index (χ1n) is 8.92. The second kappa shape index (κ2) is 8.20. The number of carbonyl (C=O) groups is 2. The van der Waals surface area contributed by atoms with E-state index in [9.17, 15) is 14.0 Å². The molecule has 0 saturated heterocycles. The van der Waals surface area contributed by atoms with Crippen LogP contribution in [-0.4, -0.2) is 25.1 Å². The van der Waals surface area contributed by atoms with Gasteiger partial charge in [-0.3, -0.25) is 4.79 Å². The minimum Gasteiger partial charge on any atom is -0.494 e. The number of nitrogens with one attached hydrogen (secondary N) is 1. The average molecular weight is 371 g/mol. The van der Waals surface area contributed by atoms with Gasteiger partial charge in [0.05, 0.1) is 18.7 Å². The van der Waals surface area contributed by atoms with Crippen LogP contribution >= 0.6 is 0 Å². The first kappa shape index (κ1) is 18.9. The number of ether oxygens (including phenoxy) is 2. The number of amides is 1. The Balaban J connectivity index is 1.63. The summed E-state index contributed by atoms with van der Waals surface area (Å²) in [6.45, 7) is 1.50. The fourth-order valence-electron chi connectivity index (χ4n) is 3.27. The molecule has 2 aromatic carbocycles. The predicted molar refractivity (Wildman–Crippen MR) is 98.1 cm³/mol. The highest BCUT2D eigenvalue weighted by Crippen LogP contribution is 2.29. The third-order valence-electron chi connectivity index (χ3n) is 4.73. The molecule has 0 aromatic heterocycles. The van der Waals surface area contributed by atoms with Crippen molar-refractivity contribution in [2.75, 3.05) is 7.11 Å². The standard InChI is InChI=1S/C21H22FNO4/c1-13(27-21(25)15-10-11-19(26-2)17(22)12-15)20(24)23-18-9-5-7-14-6-3-4-8-16(14)18/h3-4,6,8,10-13,18H,5,7,9H2,1-2H3,(H,23,24)/t13-,18-/m0/s1. The largest absolute Gasteiger partial charge is 0.494 e. The zero-order chi connectivity index (χ0) is 19.4. The van der Waals surface area contributed by atoms with Gasteiger partial charge < -0.3 is 14.8 Å². The second-order valence-electron chi connectivity index (χ2n) is 6.55. The number of esters is 1. The van der Waals surface area contributed by atoms with Crippen molar-refractivity contribution >= 4 is 11.9 Å². The van der Waals surface area contributed by atoms with Gasteiger partial charge >= 0.3 is 5.97 Å². The maximum Gasteiger partial charge on any atom is 0.339 e. The predicted octanol–water partition coefficient (Wildman–Crippen LogP) is 3.57. The van der Waals surface area contributed by atoms with Gasteiger partial charge in [-0.25, -0.2) is 9.18 Å². The van der Waals surface area contributed by atoms with E-state index in [4.69, 9.17) is 9.47 Å². The highest BCUT2D eigenvalue weighted by atomic mass is 19.1. The van der Waals surface area contributed by atoms with Gasteiger partial charge in [-0.1, -0.05) is 24.3 Å². The van der Waals surface area contributed by atoms with E-state index in [2.05, 4.69) is 11.4 Å². The van der Waals surface area contributed by atoms with Crippen LogP contribution in [0.1, 0.15) is 47.3 Å². The van der Waals surface area contributed by atoms with Crippen molar-refractivity contribution in [3.63, 3.8) is 0 Å². The van der Waals surface area contributed by atoms with Crippen molar-refractivity contribution < 1.29 is 23.5 Å². The Morgan fingerprint density at radius 2 is 2.00 bits per heavy atom. The summed E-state index contributed by atoms with van der Waals surface area (Å²) >= 11 is 0. The fraction of sp³-hybridized carbons (Fsp3) is 0.333. The van der Waals surface area contributed by atoms with Crippen LogP contribution in [0.2, 0.25) is 0 Å². The van der Waals surface area contributed by atoms with Crippen LogP contribution in [0, 0.1) is 5.82 Å². The van der Waals surface area contributed by atoms with Gasteiger partial charge in [-0.15, -0.1) is 0 Å². The van der Waals surface area contributed by atoms with E-state index in [0.717, 1.165) is 30.9 Å². The lowest BCUT2D eigenvalue weighted by atomic mass is 9.87. The Morgan fingerprint density at radius 1 is 1.22 bits per heavy atom. The van der Waals surface area contributed by atoms with E-state index < -0.39 is 17.9 Å². The maximum atomic E-state index is 13.7. The molecular formula is C21H22FNO4. The molecule has 2 atom stereocenters. The van der Waals surface area contributed by atoms with Crippen LogP contribution in [0.4, 0.5) is 4.39 Å². The van der Waals surface area contributed by atoms with E-state index in [1.807, 2.05) is 18.2 Å². The van der Waals surface area contributed by atoms with E-state index in [-0.39, 0.29) is 23.3 Å². The van der Waals surface area contributed by atoms with Crippen LogP contribution < -0.4 is 10.1 Å². The Hall–Kier alpha value is -2.89. The van der Waals surface area contributed by atoms with Crippen molar-refractivity contribution in [2.24, 2.45) is 0 Å². The molecule has 142 valence electrons. The first-order chi connectivity index (χ1) is 13.0. The van der Waals surface area contributed by atoms with Crippen LogP contribution in [0.15, 0.2) is 42.5 Å². The molecule has 6 heteroatoms. The Kier molecular flexibility index (Phi) is 5.74. The molecule has 1 aliphatic rings. The lowest BCUT2D eigenvalue weighted by molar-refractivity contribution is -0.130. The molecule has 2 aromatic rings. The van der Waals surface area contributed by atoms with Crippen LogP contribution in [0.3, 0.4) is 0 Å². The summed E-state index contributed by atoms with van der Waals surface area (Å²) in [5.74, 6) is -1.77. The van der Waals surface area contributed by atoms with Gasteiger partial charge in [-0.05, 0) is 55.5 Å². The topological polar surface area (TPSA) is 64.6 Å². The number of carbonyl (C=O) groups excluding carboxylic acids is 2. The zero-order valence-electron chi connectivity index (χ0n) is 15.3. The molecule has 0 radical (unpaired) electrons. The lowest BCUT2D eigenvalue weighted by Gasteiger charge is -2.27. The third kappa shape index (κ3) is 4.27. The number of hydrogen-bond acceptors (Lipinski definition) is 4. The average Bonchev–Trinajstić information content (AvgIpc) is 2.68. The molecule has 27 heavy (non-hydrogen) atoms. The molecule has 3 rings (SSSR count). The molecule has 0 bridgehead atoms. The molecule has 1 amide bonds. The molecule has 1 aliphatic carbocycles. The Labute approximate surface area is 157 Å². The number of benzene rings is 2. The van der Waals surface area contributed by atoms with E-state index >= 15 is 0 Å². The van der Waals surface area contributed by atoms with Gasteiger partial charge in [-0.2, -0.15) is 0 Å². The van der Waals surface area contributed by atoms with Crippen LogP contribution in [0.5, 0.6) is 5.75 Å². The van der Waals surface area contributed by atoms with Crippen molar-refractivity contribution in [3.05, 3.63) is 65.0 Å². The third-order valence-corrected chi connectivity index (χ3v) is 4.73. The molecule has 0 heterocycles. The summed E-state index contributed by atoms with van der Waals surface area (Å²) in [5.41, 5.74) is 2.36.